The Morgan fingerprint density at radius 2 is 2.16 bits per heavy atom. The van der Waals surface area contributed by atoms with Crippen LogP contribution in [0.4, 0.5) is 0 Å². The van der Waals surface area contributed by atoms with Crippen LogP contribution in [-0.4, -0.2) is 31.1 Å². The molecule has 1 saturated heterocycles. The quantitative estimate of drug-likeness (QED) is 0.658. The Labute approximate surface area is 117 Å². The lowest BCUT2D eigenvalue weighted by atomic mass is 9.91. The summed E-state index contributed by atoms with van der Waals surface area (Å²) in [5, 5.41) is 3.71. The number of hydrogen-bond acceptors (Lipinski definition) is 2. The molecule has 0 bridgehead atoms. The first kappa shape index (κ1) is 14.1. The predicted molar refractivity (Wildman–Crippen MR) is 80.9 cm³/mol. The van der Waals surface area contributed by atoms with E-state index in [4.69, 9.17) is 6.42 Å². The van der Waals surface area contributed by atoms with Crippen molar-refractivity contribution in [3.63, 3.8) is 0 Å². The van der Waals surface area contributed by atoms with Gasteiger partial charge in [-0.1, -0.05) is 30.3 Å². The van der Waals surface area contributed by atoms with Crippen LogP contribution >= 0.6 is 0 Å². The lowest BCUT2D eigenvalue weighted by Crippen LogP contribution is -2.46. The van der Waals surface area contributed by atoms with E-state index in [9.17, 15) is 0 Å². The summed E-state index contributed by atoms with van der Waals surface area (Å²) < 4.78 is 0. The third-order valence-corrected chi connectivity index (χ3v) is 3.91. The Kier molecular flexibility index (Phi) is 5.01. The molecule has 19 heavy (non-hydrogen) atoms. The fourth-order valence-corrected chi connectivity index (χ4v) is 2.84. The van der Waals surface area contributed by atoms with Gasteiger partial charge in [-0.15, -0.1) is 12.3 Å². The molecule has 0 spiro atoms. The van der Waals surface area contributed by atoms with E-state index in [2.05, 4.69) is 53.4 Å². The summed E-state index contributed by atoms with van der Waals surface area (Å²) in [4.78, 5) is 2.55. The molecule has 102 valence electrons. The fraction of sp³-hybridized carbons (Fsp3) is 0.529. The average Bonchev–Trinajstić information content (AvgIpc) is 2.63. The first-order chi connectivity index (χ1) is 9.24. The Bertz CT molecular complexity index is 421. The summed E-state index contributed by atoms with van der Waals surface area (Å²) in [5.74, 6) is 2.73. The maximum Gasteiger partial charge on any atom is 0.0534 e. The van der Waals surface area contributed by atoms with Crippen molar-refractivity contribution in [2.75, 3.05) is 26.2 Å². The lowest BCUT2D eigenvalue weighted by molar-refractivity contribution is 0.219. The van der Waals surface area contributed by atoms with Crippen LogP contribution < -0.4 is 5.32 Å². The van der Waals surface area contributed by atoms with Gasteiger partial charge in [-0.25, -0.2) is 0 Å². The van der Waals surface area contributed by atoms with Crippen molar-refractivity contribution in [2.24, 2.45) is 0 Å². The van der Waals surface area contributed by atoms with Gasteiger partial charge in [-0.05, 0) is 45.0 Å². The third-order valence-electron chi connectivity index (χ3n) is 3.91. The molecule has 1 fully saturated rings. The highest BCUT2D eigenvalue weighted by molar-refractivity contribution is 5.24. The van der Waals surface area contributed by atoms with Gasteiger partial charge < -0.3 is 10.2 Å². The minimum atomic E-state index is 0.0495. The second-order valence-electron chi connectivity index (χ2n) is 5.56. The second-order valence-corrected chi connectivity index (χ2v) is 5.56. The molecule has 2 heteroatoms. The van der Waals surface area contributed by atoms with Crippen LogP contribution in [0.5, 0.6) is 0 Å². The SMILES string of the molecule is C#CCCCN1CCCNC(C)(c2ccccc2)C1. The van der Waals surface area contributed by atoms with Gasteiger partial charge in [0.1, 0.15) is 0 Å². The molecular formula is C17H24N2. The lowest BCUT2D eigenvalue weighted by Gasteiger charge is -2.34. The van der Waals surface area contributed by atoms with Crippen molar-refractivity contribution < 1.29 is 0 Å². The van der Waals surface area contributed by atoms with Crippen LogP contribution in [0.1, 0.15) is 31.7 Å². The van der Waals surface area contributed by atoms with E-state index in [1.165, 1.54) is 18.5 Å². The summed E-state index contributed by atoms with van der Waals surface area (Å²) in [7, 11) is 0. The number of rotatable bonds is 4. The van der Waals surface area contributed by atoms with E-state index in [-0.39, 0.29) is 5.54 Å². The van der Waals surface area contributed by atoms with Gasteiger partial charge >= 0.3 is 0 Å². The molecule has 0 saturated carbocycles. The molecule has 1 unspecified atom stereocenters. The number of benzene rings is 1. The van der Waals surface area contributed by atoms with Crippen LogP contribution in [0.15, 0.2) is 30.3 Å². The monoisotopic (exact) mass is 256 g/mol. The summed E-state index contributed by atoms with van der Waals surface area (Å²) in [6, 6.07) is 10.8. The number of terminal acetylenes is 1. The van der Waals surface area contributed by atoms with Crippen molar-refractivity contribution in [3.8, 4) is 12.3 Å². The Balaban J connectivity index is 2.05. The third kappa shape index (κ3) is 3.83. The Hall–Kier alpha value is -1.30. The number of hydrogen-bond donors (Lipinski definition) is 1. The van der Waals surface area contributed by atoms with E-state index < -0.39 is 0 Å². The van der Waals surface area contributed by atoms with Crippen molar-refractivity contribution in [3.05, 3.63) is 35.9 Å². The van der Waals surface area contributed by atoms with Crippen molar-refractivity contribution in [2.45, 2.75) is 31.7 Å². The van der Waals surface area contributed by atoms with Gasteiger partial charge in [0.15, 0.2) is 0 Å². The van der Waals surface area contributed by atoms with Gasteiger partial charge in [0.05, 0.1) is 5.54 Å². The van der Waals surface area contributed by atoms with Gasteiger partial charge in [0.25, 0.3) is 0 Å². The normalized spacial score (nSPS) is 24.6. The molecule has 0 radical (unpaired) electrons. The minimum absolute atomic E-state index is 0.0495. The molecule has 0 amide bonds. The summed E-state index contributed by atoms with van der Waals surface area (Å²) in [5.41, 5.74) is 1.42. The summed E-state index contributed by atoms with van der Waals surface area (Å²) in [6.07, 6.45) is 8.52. The molecular weight excluding hydrogens is 232 g/mol. The molecule has 1 aliphatic rings. The largest absolute Gasteiger partial charge is 0.307 e. The predicted octanol–water partition coefficient (Wildman–Crippen LogP) is 2.61. The molecule has 1 aromatic carbocycles. The molecule has 1 heterocycles. The first-order valence-electron chi connectivity index (χ1n) is 7.21. The van der Waals surface area contributed by atoms with Gasteiger partial charge in [-0.2, -0.15) is 0 Å². The van der Waals surface area contributed by atoms with E-state index in [0.717, 1.165) is 32.5 Å². The molecule has 0 aliphatic carbocycles. The molecule has 2 rings (SSSR count). The summed E-state index contributed by atoms with van der Waals surface area (Å²) in [6.45, 7) is 6.72. The topological polar surface area (TPSA) is 15.3 Å². The smallest absolute Gasteiger partial charge is 0.0534 e. The zero-order valence-electron chi connectivity index (χ0n) is 11.9. The highest BCUT2D eigenvalue weighted by Gasteiger charge is 2.30. The second kappa shape index (κ2) is 6.75. The zero-order valence-corrected chi connectivity index (χ0v) is 11.9. The fourth-order valence-electron chi connectivity index (χ4n) is 2.84. The number of nitrogens with zero attached hydrogens (tertiary/aromatic N) is 1. The van der Waals surface area contributed by atoms with Crippen molar-refractivity contribution in [1.82, 2.24) is 10.2 Å². The van der Waals surface area contributed by atoms with Crippen molar-refractivity contribution >= 4 is 0 Å². The Morgan fingerprint density at radius 3 is 2.89 bits per heavy atom. The minimum Gasteiger partial charge on any atom is -0.307 e. The highest BCUT2D eigenvalue weighted by Crippen LogP contribution is 2.24. The van der Waals surface area contributed by atoms with Gasteiger partial charge in [0, 0.05) is 13.0 Å². The molecule has 1 atom stereocenters. The van der Waals surface area contributed by atoms with E-state index >= 15 is 0 Å². The molecule has 1 aliphatic heterocycles. The maximum absolute atomic E-state index is 5.34. The highest BCUT2D eigenvalue weighted by atomic mass is 15.2. The molecule has 1 aromatic rings. The zero-order chi connectivity index (χ0) is 13.6. The van der Waals surface area contributed by atoms with E-state index in [1.54, 1.807) is 0 Å². The number of unbranched alkanes of at least 4 members (excludes halogenated alkanes) is 1. The van der Waals surface area contributed by atoms with Crippen LogP contribution in [-0.2, 0) is 5.54 Å². The summed E-state index contributed by atoms with van der Waals surface area (Å²) >= 11 is 0. The standard InChI is InChI=1S/C17H24N2/c1-3-4-8-13-19-14-9-12-18-17(2,15-19)16-10-6-5-7-11-16/h1,5-7,10-11,18H,4,8-9,12-15H2,2H3. The maximum atomic E-state index is 5.34. The first-order valence-corrected chi connectivity index (χ1v) is 7.21. The Morgan fingerprint density at radius 1 is 1.37 bits per heavy atom. The van der Waals surface area contributed by atoms with Crippen LogP contribution in [0, 0.1) is 12.3 Å². The van der Waals surface area contributed by atoms with Crippen LogP contribution in [0.25, 0.3) is 0 Å². The van der Waals surface area contributed by atoms with Crippen molar-refractivity contribution in [1.29, 1.82) is 0 Å². The van der Waals surface area contributed by atoms with Gasteiger partial charge in [0.2, 0.25) is 0 Å². The number of nitrogens with one attached hydrogen (secondary N) is 1. The molecule has 1 N–H and O–H groups in total. The van der Waals surface area contributed by atoms with Crippen LogP contribution in [0.3, 0.4) is 0 Å². The van der Waals surface area contributed by atoms with E-state index in [1.807, 2.05) is 0 Å². The van der Waals surface area contributed by atoms with Gasteiger partial charge in [-0.3, -0.25) is 0 Å². The average molecular weight is 256 g/mol. The van der Waals surface area contributed by atoms with E-state index in [0.29, 0.717) is 0 Å². The molecule has 0 aromatic heterocycles. The molecule has 2 nitrogen and oxygen atoms in total. The van der Waals surface area contributed by atoms with Crippen LogP contribution in [0.2, 0.25) is 0 Å².